The van der Waals surface area contributed by atoms with Crippen LogP contribution in [0.3, 0.4) is 0 Å². The van der Waals surface area contributed by atoms with Crippen LogP contribution >= 0.6 is 11.8 Å². The van der Waals surface area contributed by atoms with E-state index < -0.39 is 4.92 Å². The molecule has 1 aromatic carbocycles. The molecule has 0 aliphatic carbocycles. The summed E-state index contributed by atoms with van der Waals surface area (Å²) in [4.78, 5) is 22.2. The average Bonchev–Trinajstić information content (AvgIpc) is 2.26. The predicted octanol–water partition coefficient (Wildman–Crippen LogP) is 2.91. The molecule has 86 valence electrons. The lowest BCUT2D eigenvalue weighted by molar-refractivity contribution is -0.384. The zero-order chi connectivity index (χ0) is 12.1. The first kappa shape index (κ1) is 12.7. The molecule has 0 heterocycles. The Morgan fingerprint density at radius 3 is 2.38 bits per heavy atom. The van der Waals surface area contributed by atoms with Crippen molar-refractivity contribution in [3.05, 3.63) is 34.4 Å². The van der Waals surface area contributed by atoms with E-state index in [0.717, 1.165) is 4.90 Å². The molecule has 0 unspecified atom stereocenters. The second-order valence-electron chi connectivity index (χ2n) is 3.66. The summed E-state index contributed by atoms with van der Waals surface area (Å²) in [5.74, 6) is 0.629. The fourth-order valence-corrected chi connectivity index (χ4v) is 1.96. The highest BCUT2D eigenvalue weighted by Gasteiger charge is 2.08. The average molecular weight is 239 g/mol. The molecule has 0 aliphatic heterocycles. The highest BCUT2D eigenvalue weighted by Crippen LogP contribution is 2.21. The van der Waals surface area contributed by atoms with Crippen LogP contribution < -0.4 is 0 Å². The van der Waals surface area contributed by atoms with Crippen LogP contribution in [0, 0.1) is 16.0 Å². The third kappa shape index (κ3) is 3.66. The molecule has 1 aromatic rings. The van der Waals surface area contributed by atoms with Crippen molar-refractivity contribution in [2.24, 2.45) is 5.92 Å². The number of rotatable bonds is 5. The number of nitro benzene ring substituents is 1. The van der Waals surface area contributed by atoms with Crippen molar-refractivity contribution in [1.29, 1.82) is 0 Å². The van der Waals surface area contributed by atoms with E-state index in [1.807, 2.05) is 13.8 Å². The maximum absolute atomic E-state index is 11.4. The van der Waals surface area contributed by atoms with Gasteiger partial charge in [0.2, 0.25) is 0 Å². The highest BCUT2D eigenvalue weighted by molar-refractivity contribution is 8.00. The van der Waals surface area contributed by atoms with E-state index in [2.05, 4.69) is 0 Å². The Hall–Kier alpha value is -1.36. The number of nitrogens with zero attached hydrogens (tertiary/aromatic N) is 1. The van der Waals surface area contributed by atoms with Gasteiger partial charge in [-0.3, -0.25) is 14.9 Å². The van der Waals surface area contributed by atoms with Gasteiger partial charge in [0.05, 0.1) is 10.7 Å². The smallest absolute Gasteiger partial charge is 0.269 e. The summed E-state index contributed by atoms with van der Waals surface area (Å²) in [6, 6.07) is 6.22. The standard InChI is InChI=1S/C11H13NO3S/c1-8(2)11(13)7-16-10-5-3-9(4-6-10)12(14)15/h3-6,8H,7H2,1-2H3. The van der Waals surface area contributed by atoms with Crippen molar-refractivity contribution < 1.29 is 9.72 Å². The molecule has 0 fully saturated rings. The van der Waals surface area contributed by atoms with Crippen LogP contribution in [0.1, 0.15) is 13.8 Å². The second kappa shape index (κ2) is 5.65. The molecule has 0 radical (unpaired) electrons. The SMILES string of the molecule is CC(C)C(=O)CSc1ccc([N+](=O)[O-])cc1. The Balaban J connectivity index is 2.56. The van der Waals surface area contributed by atoms with Gasteiger partial charge >= 0.3 is 0 Å². The summed E-state index contributed by atoms with van der Waals surface area (Å²) in [7, 11) is 0. The fourth-order valence-electron chi connectivity index (χ4n) is 0.985. The third-order valence-electron chi connectivity index (χ3n) is 2.07. The topological polar surface area (TPSA) is 60.2 Å². The summed E-state index contributed by atoms with van der Waals surface area (Å²) in [5, 5.41) is 10.4. The van der Waals surface area contributed by atoms with E-state index >= 15 is 0 Å². The van der Waals surface area contributed by atoms with E-state index in [1.54, 1.807) is 12.1 Å². The minimum atomic E-state index is -0.437. The number of carbonyl (C=O) groups is 1. The summed E-state index contributed by atoms with van der Waals surface area (Å²) < 4.78 is 0. The quantitative estimate of drug-likeness (QED) is 0.450. The largest absolute Gasteiger partial charge is 0.298 e. The van der Waals surface area contributed by atoms with E-state index in [4.69, 9.17) is 0 Å². The first-order valence-corrected chi connectivity index (χ1v) is 5.89. The molecular formula is C11H13NO3S. The number of nitro groups is 1. The molecule has 0 N–H and O–H groups in total. The summed E-state index contributed by atoms with van der Waals surface area (Å²) in [5.41, 5.74) is 0.0690. The zero-order valence-electron chi connectivity index (χ0n) is 9.17. The Morgan fingerprint density at radius 1 is 1.38 bits per heavy atom. The molecule has 1 rings (SSSR count). The van der Waals surface area contributed by atoms with Crippen LogP contribution in [0.5, 0.6) is 0 Å². The van der Waals surface area contributed by atoms with E-state index in [9.17, 15) is 14.9 Å². The zero-order valence-corrected chi connectivity index (χ0v) is 9.99. The Labute approximate surface area is 98.2 Å². The first-order chi connectivity index (χ1) is 7.50. The molecular weight excluding hydrogens is 226 g/mol. The van der Waals surface area contributed by atoms with E-state index in [-0.39, 0.29) is 17.4 Å². The number of carbonyl (C=O) groups excluding carboxylic acids is 1. The predicted molar refractivity (Wildman–Crippen MR) is 63.7 cm³/mol. The lowest BCUT2D eigenvalue weighted by atomic mass is 10.1. The van der Waals surface area contributed by atoms with Gasteiger partial charge in [-0.25, -0.2) is 0 Å². The Morgan fingerprint density at radius 2 is 1.94 bits per heavy atom. The normalized spacial score (nSPS) is 10.4. The Kier molecular flexibility index (Phi) is 4.49. The van der Waals surface area contributed by atoms with E-state index in [0.29, 0.717) is 5.75 Å². The minimum absolute atomic E-state index is 0.0329. The van der Waals surface area contributed by atoms with Crippen molar-refractivity contribution in [3.8, 4) is 0 Å². The molecule has 0 spiro atoms. The minimum Gasteiger partial charge on any atom is -0.298 e. The molecule has 5 heteroatoms. The number of benzene rings is 1. The molecule has 16 heavy (non-hydrogen) atoms. The van der Waals surface area contributed by atoms with Gasteiger partial charge in [0, 0.05) is 22.9 Å². The summed E-state index contributed by atoms with van der Waals surface area (Å²) >= 11 is 1.41. The number of hydrogen-bond donors (Lipinski definition) is 0. The third-order valence-corrected chi connectivity index (χ3v) is 3.11. The number of Topliss-reactive ketones (excluding diaryl/α,β-unsaturated/α-hetero) is 1. The number of non-ortho nitro benzene ring substituents is 1. The molecule has 4 nitrogen and oxygen atoms in total. The maximum Gasteiger partial charge on any atom is 0.269 e. The van der Waals surface area contributed by atoms with Gasteiger partial charge in [0.1, 0.15) is 5.78 Å². The van der Waals surface area contributed by atoms with Crippen LogP contribution in [-0.2, 0) is 4.79 Å². The molecule has 0 saturated heterocycles. The van der Waals surface area contributed by atoms with Crippen LogP contribution in [0.25, 0.3) is 0 Å². The highest BCUT2D eigenvalue weighted by atomic mass is 32.2. The van der Waals surface area contributed by atoms with Crippen molar-refractivity contribution >= 4 is 23.2 Å². The number of hydrogen-bond acceptors (Lipinski definition) is 4. The number of ketones is 1. The van der Waals surface area contributed by atoms with Crippen LogP contribution in [0.4, 0.5) is 5.69 Å². The monoisotopic (exact) mass is 239 g/mol. The molecule has 0 atom stereocenters. The van der Waals surface area contributed by atoms with Gasteiger partial charge in [-0.2, -0.15) is 0 Å². The van der Waals surface area contributed by atoms with E-state index in [1.165, 1.54) is 23.9 Å². The molecule has 0 aliphatic rings. The summed E-state index contributed by atoms with van der Waals surface area (Å²) in [6.45, 7) is 3.72. The molecule has 0 aromatic heterocycles. The first-order valence-electron chi connectivity index (χ1n) is 4.90. The lowest BCUT2D eigenvalue weighted by Gasteiger charge is -2.03. The second-order valence-corrected chi connectivity index (χ2v) is 4.71. The van der Waals surface area contributed by atoms with Gasteiger partial charge in [-0.1, -0.05) is 13.8 Å². The van der Waals surface area contributed by atoms with Gasteiger partial charge in [0.15, 0.2) is 0 Å². The maximum atomic E-state index is 11.4. The van der Waals surface area contributed by atoms with Crippen molar-refractivity contribution in [1.82, 2.24) is 0 Å². The molecule has 0 saturated carbocycles. The van der Waals surface area contributed by atoms with Gasteiger partial charge in [-0.15, -0.1) is 11.8 Å². The van der Waals surface area contributed by atoms with Crippen molar-refractivity contribution in [2.45, 2.75) is 18.7 Å². The van der Waals surface area contributed by atoms with Gasteiger partial charge in [-0.05, 0) is 12.1 Å². The van der Waals surface area contributed by atoms with Crippen LogP contribution in [0.15, 0.2) is 29.2 Å². The number of thioether (sulfide) groups is 1. The van der Waals surface area contributed by atoms with Crippen molar-refractivity contribution in [2.75, 3.05) is 5.75 Å². The van der Waals surface area contributed by atoms with Gasteiger partial charge in [0.25, 0.3) is 5.69 Å². The fraction of sp³-hybridized carbons (Fsp3) is 0.364. The van der Waals surface area contributed by atoms with Gasteiger partial charge < -0.3 is 0 Å². The summed E-state index contributed by atoms with van der Waals surface area (Å²) in [6.07, 6.45) is 0. The molecule has 0 amide bonds. The van der Waals surface area contributed by atoms with Crippen LogP contribution in [0.2, 0.25) is 0 Å². The van der Waals surface area contributed by atoms with Crippen molar-refractivity contribution in [3.63, 3.8) is 0 Å². The Bertz CT molecular complexity index is 387. The van der Waals surface area contributed by atoms with Crippen LogP contribution in [-0.4, -0.2) is 16.5 Å². The lowest BCUT2D eigenvalue weighted by Crippen LogP contribution is -2.09. The molecule has 0 bridgehead atoms.